The number of pyridine rings is 2. The van der Waals surface area contributed by atoms with Crippen molar-refractivity contribution in [2.45, 2.75) is 38.0 Å². The summed E-state index contributed by atoms with van der Waals surface area (Å²) < 4.78 is 72.5. The van der Waals surface area contributed by atoms with E-state index in [4.69, 9.17) is 65.6 Å². The number of ether oxygens (including phenoxy) is 3. The Morgan fingerprint density at radius 3 is 2.03 bits per heavy atom. The van der Waals surface area contributed by atoms with Gasteiger partial charge < -0.3 is 18.8 Å². The van der Waals surface area contributed by atoms with Gasteiger partial charge >= 0.3 is 0 Å². The van der Waals surface area contributed by atoms with E-state index in [1.807, 2.05) is 65.4 Å². The molecule has 0 saturated carbocycles. The fourth-order valence-corrected chi connectivity index (χ4v) is 11.3. The van der Waals surface area contributed by atoms with Crippen LogP contribution in [0.25, 0.3) is 38.9 Å². The molecule has 3 aromatic heterocycles. The zero-order chi connectivity index (χ0) is 51.4. The zero-order valence-electron chi connectivity index (χ0n) is 39.5. The first kappa shape index (κ1) is 52.5. The van der Waals surface area contributed by atoms with Gasteiger partial charge in [0.1, 0.15) is 36.9 Å². The van der Waals surface area contributed by atoms with Gasteiger partial charge in [-0.15, -0.1) is 23.2 Å². The van der Waals surface area contributed by atoms with Crippen LogP contribution in [0.1, 0.15) is 54.0 Å². The van der Waals surface area contributed by atoms with Crippen molar-refractivity contribution >= 4 is 94.2 Å². The Balaban J connectivity index is 1.23. The summed E-state index contributed by atoms with van der Waals surface area (Å²) in [5.74, 6) is 1.99. The predicted octanol–water partition coefficient (Wildman–Crippen LogP) is 10.9. The minimum absolute atomic E-state index is 0.145. The highest BCUT2D eigenvalue weighted by Crippen LogP contribution is 2.45. The number of rotatable bonds is 19. The Kier molecular flexibility index (Phi) is 16.1. The van der Waals surface area contributed by atoms with Gasteiger partial charge in [0, 0.05) is 46.9 Å². The Morgan fingerprint density at radius 1 is 0.750 bits per heavy atom. The van der Waals surface area contributed by atoms with Crippen LogP contribution in [-0.2, 0) is 31.9 Å². The molecule has 0 aliphatic carbocycles. The van der Waals surface area contributed by atoms with E-state index in [-0.39, 0.29) is 69.4 Å². The Hall–Kier alpha value is -5.82. The highest BCUT2D eigenvalue weighted by atomic mass is 35.5. The van der Waals surface area contributed by atoms with Gasteiger partial charge in [0.15, 0.2) is 11.5 Å². The van der Waals surface area contributed by atoms with Crippen molar-refractivity contribution in [2.24, 2.45) is 5.92 Å². The average molecular weight is 1090 g/mol. The van der Waals surface area contributed by atoms with Crippen LogP contribution in [0.4, 0.5) is 5.82 Å². The summed E-state index contributed by atoms with van der Waals surface area (Å²) in [6, 6.07) is 32.3. The first-order chi connectivity index (χ1) is 34.4. The minimum atomic E-state index is -3.52. The maximum absolute atomic E-state index is 12.2. The van der Waals surface area contributed by atoms with Crippen molar-refractivity contribution in [3.05, 3.63) is 135 Å². The molecule has 0 radical (unpaired) electrons. The van der Waals surface area contributed by atoms with Crippen molar-refractivity contribution in [1.29, 1.82) is 10.5 Å². The molecule has 0 amide bonds. The van der Waals surface area contributed by atoms with Crippen LogP contribution in [0.15, 0.2) is 97.2 Å². The van der Waals surface area contributed by atoms with E-state index in [1.165, 1.54) is 10.6 Å². The molecule has 20 heteroatoms. The van der Waals surface area contributed by atoms with Crippen LogP contribution in [0.2, 0.25) is 10.0 Å². The number of sulfonamides is 2. The molecule has 7 aromatic rings. The van der Waals surface area contributed by atoms with Crippen LogP contribution in [0.5, 0.6) is 17.2 Å². The predicted molar refractivity (Wildman–Crippen MR) is 284 cm³/mol. The maximum atomic E-state index is 12.2. The molecule has 1 saturated heterocycles. The van der Waals surface area contributed by atoms with E-state index in [1.54, 1.807) is 36.4 Å². The third-order valence-corrected chi connectivity index (χ3v) is 15.6. The number of fused-ring (bicyclic) bond motifs is 2. The van der Waals surface area contributed by atoms with E-state index in [9.17, 15) is 27.4 Å². The topological polar surface area (TPSA) is 190 Å². The van der Waals surface area contributed by atoms with Crippen molar-refractivity contribution in [2.75, 3.05) is 61.9 Å². The lowest BCUT2D eigenvalue weighted by atomic mass is 9.71. The van der Waals surface area contributed by atoms with Gasteiger partial charge in [0.25, 0.3) is 0 Å². The zero-order valence-corrected chi connectivity index (χ0v) is 44.1. The number of nitrogens with zero attached hydrogens (tertiary/aromatic N) is 6. The van der Waals surface area contributed by atoms with Crippen LogP contribution < -0.4 is 18.9 Å². The van der Waals surface area contributed by atoms with Gasteiger partial charge in [-0.2, -0.15) is 10.5 Å². The SMILES string of the molecule is CC(Cc1c(OCCC2CCN(S(C)(=O)=O)CC2)ccc2c1ccn2-c1cc(Cl)c(OCCCl)c(C#N)c1)(c1ccc(-c2ccc3nc(NS(C)(=O)=O)ccc3n2)cc1)c1cc(Cl)c(OCCCl)c(C#N)c1. The number of nitrogens with one attached hydrogen (secondary N) is 1. The molecule has 374 valence electrons. The first-order valence-electron chi connectivity index (χ1n) is 22.9. The van der Waals surface area contributed by atoms with E-state index in [2.05, 4.69) is 28.8 Å². The Morgan fingerprint density at radius 2 is 1.39 bits per heavy atom. The molecule has 1 aliphatic rings. The molecule has 1 aliphatic heterocycles. The molecule has 0 spiro atoms. The van der Waals surface area contributed by atoms with Gasteiger partial charge in [-0.1, -0.05) is 54.4 Å². The fraction of sp³-hybridized carbons (Fsp3) is 0.308. The van der Waals surface area contributed by atoms with Crippen molar-refractivity contribution in [1.82, 2.24) is 18.8 Å². The smallest absolute Gasteiger partial charge is 0.230 e. The number of nitriles is 2. The second-order valence-electron chi connectivity index (χ2n) is 17.7. The molecular formula is C52H49Cl4N7O7S2. The number of piperidine rings is 1. The summed E-state index contributed by atoms with van der Waals surface area (Å²) in [5.41, 5.74) is 6.01. The van der Waals surface area contributed by atoms with Crippen molar-refractivity contribution in [3.8, 4) is 46.3 Å². The summed E-state index contributed by atoms with van der Waals surface area (Å²) in [6.07, 6.45) is 6.71. The third-order valence-electron chi connectivity index (χ3n) is 12.8. The van der Waals surface area contributed by atoms with E-state index >= 15 is 0 Å². The Labute approximate surface area is 439 Å². The average Bonchev–Trinajstić information content (AvgIpc) is 3.80. The number of anilines is 1. The monoisotopic (exact) mass is 1090 g/mol. The van der Waals surface area contributed by atoms with E-state index in [0.717, 1.165) is 52.3 Å². The molecule has 1 atom stereocenters. The fourth-order valence-electron chi connectivity index (χ4n) is 9.19. The van der Waals surface area contributed by atoms with Crippen LogP contribution in [0.3, 0.4) is 0 Å². The molecule has 4 aromatic carbocycles. The number of aromatic nitrogens is 3. The molecule has 72 heavy (non-hydrogen) atoms. The van der Waals surface area contributed by atoms with E-state index in [0.29, 0.717) is 60.7 Å². The third kappa shape index (κ3) is 11.7. The standard InChI is InChI=1S/C52H49Cl4N7O7S2/c1-52(38-26-35(31-57)50(42(55)28-38)69-24-18-53,37-6-4-34(5-7-37)44-8-9-46-45(59-44)10-13-49(60-46)61-71(2,64)65)30-41-40-16-22-63(39-27-36(32-58)51(43(56)29-39)70-25-19-54)47(40)11-12-48(41)68-23-17-33-14-20-62(21-15-33)72(3,66)67/h4-13,16,22,26-29,33H,14-15,17-21,23-25,30H2,1-3H3,(H,60,61). The molecule has 1 fully saturated rings. The van der Waals surface area contributed by atoms with Crippen LogP contribution in [-0.4, -0.2) is 92.9 Å². The highest BCUT2D eigenvalue weighted by Gasteiger charge is 2.34. The molecule has 8 rings (SSSR count). The van der Waals surface area contributed by atoms with Crippen LogP contribution >= 0.6 is 46.4 Å². The summed E-state index contributed by atoms with van der Waals surface area (Å²) in [5, 5.41) is 22.0. The second kappa shape index (κ2) is 22.1. The molecule has 1 N–H and O–H groups in total. The summed E-state index contributed by atoms with van der Waals surface area (Å²) in [6.45, 7) is 3.71. The largest absolute Gasteiger partial charge is 0.493 e. The highest BCUT2D eigenvalue weighted by molar-refractivity contribution is 7.92. The number of hydrogen-bond acceptors (Lipinski definition) is 11. The lowest BCUT2D eigenvalue weighted by Crippen LogP contribution is -2.38. The second-order valence-corrected chi connectivity index (χ2v) is 23.0. The normalized spacial score (nSPS) is 14.4. The van der Waals surface area contributed by atoms with Gasteiger partial charge in [0.2, 0.25) is 20.0 Å². The summed E-state index contributed by atoms with van der Waals surface area (Å²) >= 11 is 25.7. The molecule has 1 unspecified atom stereocenters. The number of benzene rings is 4. The summed E-state index contributed by atoms with van der Waals surface area (Å²) in [4.78, 5) is 9.27. The van der Waals surface area contributed by atoms with Crippen LogP contribution in [0, 0.1) is 28.6 Å². The lowest BCUT2D eigenvalue weighted by molar-refractivity contribution is 0.218. The van der Waals surface area contributed by atoms with Crippen molar-refractivity contribution < 1.29 is 31.0 Å². The number of halogens is 4. The molecule has 4 heterocycles. The first-order valence-corrected chi connectivity index (χ1v) is 28.4. The number of hydrogen-bond donors (Lipinski definition) is 1. The summed E-state index contributed by atoms with van der Waals surface area (Å²) in [7, 11) is -6.80. The van der Waals surface area contributed by atoms with E-state index < -0.39 is 25.5 Å². The molecule has 0 bridgehead atoms. The van der Waals surface area contributed by atoms with Gasteiger partial charge in [-0.25, -0.2) is 31.1 Å². The van der Waals surface area contributed by atoms with Gasteiger partial charge in [-0.3, -0.25) is 4.72 Å². The number of alkyl halides is 2. The van der Waals surface area contributed by atoms with Crippen molar-refractivity contribution in [3.63, 3.8) is 0 Å². The maximum Gasteiger partial charge on any atom is 0.230 e. The van der Waals surface area contributed by atoms with Gasteiger partial charge in [0.05, 0.1) is 74.3 Å². The molecular weight excluding hydrogens is 1040 g/mol. The molecule has 14 nitrogen and oxygen atoms in total. The quantitative estimate of drug-likeness (QED) is 0.0759. The minimum Gasteiger partial charge on any atom is -0.493 e. The van der Waals surface area contributed by atoms with Gasteiger partial charge in [-0.05, 0) is 109 Å². The Bertz CT molecular complexity index is 3480. The lowest BCUT2D eigenvalue weighted by Gasteiger charge is -2.33.